The molecule has 0 aliphatic rings. The van der Waals surface area contributed by atoms with Gasteiger partial charge >= 0.3 is 0 Å². The topological polar surface area (TPSA) is 90.7 Å². The number of hydrogen-bond donors (Lipinski definition) is 3. The number of aldehydes is 1. The van der Waals surface area contributed by atoms with Gasteiger partial charge in [0.1, 0.15) is 12.4 Å². The number of carbonyl (C=O) groups is 1. The second-order valence-electron chi connectivity index (χ2n) is 3.16. The molecule has 1 heterocycles. The molecule has 82 valence electrons. The van der Waals surface area contributed by atoms with Crippen LogP contribution in [0.25, 0.3) is 0 Å². The van der Waals surface area contributed by atoms with Gasteiger partial charge < -0.3 is 20.1 Å². The third kappa shape index (κ3) is 2.82. The molecule has 0 saturated carbocycles. The van der Waals surface area contributed by atoms with Gasteiger partial charge in [-0.3, -0.25) is 4.98 Å². The SMILES string of the molecule is O=CC(c1ccccn1)C(O)C(O)CO. The van der Waals surface area contributed by atoms with Crippen molar-refractivity contribution in [3.63, 3.8) is 0 Å². The highest BCUT2D eigenvalue weighted by Gasteiger charge is 2.27. The van der Waals surface area contributed by atoms with Gasteiger partial charge in [0.05, 0.1) is 24.3 Å². The summed E-state index contributed by atoms with van der Waals surface area (Å²) in [6, 6.07) is 4.93. The monoisotopic (exact) mass is 211 g/mol. The van der Waals surface area contributed by atoms with E-state index in [-0.39, 0.29) is 0 Å². The van der Waals surface area contributed by atoms with Crippen LogP contribution < -0.4 is 0 Å². The van der Waals surface area contributed by atoms with E-state index in [1.54, 1.807) is 18.2 Å². The lowest BCUT2D eigenvalue weighted by Gasteiger charge is -2.20. The Bertz CT molecular complexity index is 304. The van der Waals surface area contributed by atoms with E-state index in [1.165, 1.54) is 6.20 Å². The molecule has 0 radical (unpaired) electrons. The first-order chi connectivity index (χ1) is 7.20. The van der Waals surface area contributed by atoms with Crippen molar-refractivity contribution >= 4 is 6.29 Å². The van der Waals surface area contributed by atoms with Gasteiger partial charge in [0.2, 0.25) is 0 Å². The molecule has 0 fully saturated rings. The first-order valence-corrected chi connectivity index (χ1v) is 4.54. The predicted octanol–water partition coefficient (Wildman–Crippen LogP) is -0.922. The van der Waals surface area contributed by atoms with E-state index in [0.29, 0.717) is 12.0 Å². The van der Waals surface area contributed by atoms with Crippen molar-refractivity contribution in [3.8, 4) is 0 Å². The van der Waals surface area contributed by atoms with Crippen molar-refractivity contribution in [2.24, 2.45) is 0 Å². The van der Waals surface area contributed by atoms with E-state index >= 15 is 0 Å². The van der Waals surface area contributed by atoms with Crippen LogP contribution >= 0.6 is 0 Å². The maximum Gasteiger partial charge on any atom is 0.131 e. The lowest BCUT2D eigenvalue weighted by molar-refractivity contribution is -0.114. The largest absolute Gasteiger partial charge is 0.394 e. The average Bonchev–Trinajstić information content (AvgIpc) is 2.30. The Balaban J connectivity index is 2.85. The molecular formula is C10H13NO4. The molecule has 1 aromatic heterocycles. The fraction of sp³-hybridized carbons (Fsp3) is 0.400. The Labute approximate surface area is 87.0 Å². The number of carbonyl (C=O) groups excluding carboxylic acids is 1. The fourth-order valence-electron chi connectivity index (χ4n) is 1.25. The third-order valence-electron chi connectivity index (χ3n) is 2.13. The molecule has 0 aliphatic heterocycles. The molecule has 3 atom stereocenters. The molecule has 5 heteroatoms. The number of hydrogen-bond acceptors (Lipinski definition) is 5. The molecule has 0 aliphatic carbocycles. The first kappa shape index (κ1) is 11.8. The number of rotatable bonds is 5. The maximum absolute atomic E-state index is 10.8. The molecule has 0 bridgehead atoms. The Morgan fingerprint density at radius 2 is 2.13 bits per heavy atom. The Kier molecular flexibility index (Phi) is 4.36. The van der Waals surface area contributed by atoms with Crippen LogP contribution in [0.3, 0.4) is 0 Å². The molecule has 3 N–H and O–H groups in total. The Hall–Kier alpha value is -1.30. The van der Waals surface area contributed by atoms with Gasteiger partial charge in [-0.25, -0.2) is 0 Å². The van der Waals surface area contributed by atoms with Crippen molar-refractivity contribution in [2.75, 3.05) is 6.61 Å². The number of nitrogens with zero attached hydrogens (tertiary/aromatic N) is 1. The van der Waals surface area contributed by atoms with Crippen LogP contribution in [0.4, 0.5) is 0 Å². The van der Waals surface area contributed by atoms with Gasteiger partial charge in [-0.05, 0) is 12.1 Å². The lowest BCUT2D eigenvalue weighted by atomic mass is 9.96. The van der Waals surface area contributed by atoms with Gasteiger partial charge in [0, 0.05) is 6.20 Å². The highest BCUT2D eigenvalue weighted by Crippen LogP contribution is 2.17. The van der Waals surface area contributed by atoms with E-state index in [4.69, 9.17) is 5.11 Å². The van der Waals surface area contributed by atoms with Crippen LogP contribution in [0.15, 0.2) is 24.4 Å². The molecule has 0 spiro atoms. The second kappa shape index (κ2) is 5.55. The van der Waals surface area contributed by atoms with E-state index in [1.807, 2.05) is 0 Å². The number of aromatic nitrogens is 1. The summed E-state index contributed by atoms with van der Waals surface area (Å²) in [5, 5.41) is 27.4. The highest BCUT2D eigenvalue weighted by atomic mass is 16.4. The van der Waals surface area contributed by atoms with Crippen LogP contribution in [0.1, 0.15) is 11.6 Å². The molecule has 5 nitrogen and oxygen atoms in total. The summed E-state index contributed by atoms with van der Waals surface area (Å²) in [7, 11) is 0. The summed E-state index contributed by atoms with van der Waals surface area (Å²) in [4.78, 5) is 14.7. The molecule has 3 unspecified atom stereocenters. The smallest absolute Gasteiger partial charge is 0.131 e. The first-order valence-electron chi connectivity index (χ1n) is 4.54. The van der Waals surface area contributed by atoms with Crippen LogP contribution in [-0.4, -0.2) is 45.4 Å². The summed E-state index contributed by atoms with van der Waals surface area (Å²) < 4.78 is 0. The zero-order valence-corrected chi connectivity index (χ0v) is 8.02. The van der Waals surface area contributed by atoms with Gasteiger partial charge in [-0.15, -0.1) is 0 Å². The summed E-state index contributed by atoms with van der Waals surface area (Å²) in [5.41, 5.74) is 0.368. The zero-order chi connectivity index (χ0) is 11.3. The predicted molar refractivity (Wildman–Crippen MR) is 52.1 cm³/mol. The highest BCUT2D eigenvalue weighted by molar-refractivity contribution is 5.62. The van der Waals surface area contributed by atoms with Gasteiger partial charge in [-0.2, -0.15) is 0 Å². The molecule has 1 aromatic rings. The zero-order valence-electron chi connectivity index (χ0n) is 8.02. The molecule has 0 aromatic carbocycles. The minimum atomic E-state index is -1.35. The van der Waals surface area contributed by atoms with E-state index in [2.05, 4.69) is 4.98 Å². The Morgan fingerprint density at radius 3 is 2.60 bits per heavy atom. The molecule has 0 saturated heterocycles. The fourth-order valence-corrected chi connectivity index (χ4v) is 1.25. The number of aliphatic hydroxyl groups excluding tert-OH is 3. The van der Waals surface area contributed by atoms with Crippen molar-refractivity contribution in [1.29, 1.82) is 0 Å². The van der Waals surface area contributed by atoms with Crippen molar-refractivity contribution in [3.05, 3.63) is 30.1 Å². The quantitative estimate of drug-likeness (QED) is 0.548. The standard InChI is InChI=1S/C10H13NO4/c12-5-7(10(15)9(14)6-13)8-3-1-2-4-11-8/h1-5,7,9-10,13-15H,6H2. The summed E-state index contributed by atoms with van der Waals surface area (Å²) in [6.45, 7) is -0.599. The normalized spacial score (nSPS) is 16.7. The van der Waals surface area contributed by atoms with Crippen LogP contribution in [0.5, 0.6) is 0 Å². The van der Waals surface area contributed by atoms with Gasteiger partial charge in [-0.1, -0.05) is 6.07 Å². The van der Waals surface area contributed by atoms with Crippen molar-refractivity contribution in [1.82, 2.24) is 4.98 Å². The van der Waals surface area contributed by atoms with Crippen LogP contribution in [0, 0.1) is 0 Å². The van der Waals surface area contributed by atoms with Crippen molar-refractivity contribution < 1.29 is 20.1 Å². The number of pyridine rings is 1. The van der Waals surface area contributed by atoms with E-state index in [9.17, 15) is 15.0 Å². The minimum Gasteiger partial charge on any atom is -0.394 e. The summed E-state index contributed by atoms with van der Waals surface area (Å²) >= 11 is 0. The van der Waals surface area contributed by atoms with E-state index < -0.39 is 24.7 Å². The average molecular weight is 211 g/mol. The minimum absolute atomic E-state index is 0.368. The van der Waals surface area contributed by atoms with Crippen LogP contribution in [-0.2, 0) is 4.79 Å². The number of aliphatic hydroxyl groups is 3. The van der Waals surface area contributed by atoms with Gasteiger partial charge in [0.15, 0.2) is 0 Å². The third-order valence-corrected chi connectivity index (χ3v) is 2.13. The second-order valence-corrected chi connectivity index (χ2v) is 3.16. The Morgan fingerprint density at radius 1 is 1.40 bits per heavy atom. The van der Waals surface area contributed by atoms with Crippen molar-refractivity contribution in [2.45, 2.75) is 18.1 Å². The molecular weight excluding hydrogens is 198 g/mol. The lowest BCUT2D eigenvalue weighted by Crippen LogP contribution is -2.35. The maximum atomic E-state index is 10.8. The van der Waals surface area contributed by atoms with Crippen LogP contribution in [0.2, 0.25) is 0 Å². The molecule has 1 rings (SSSR count). The summed E-state index contributed by atoms with van der Waals surface area (Å²) in [6.07, 6.45) is -0.694. The molecule has 0 amide bonds. The summed E-state index contributed by atoms with van der Waals surface area (Å²) in [5.74, 6) is -0.923. The molecule has 15 heavy (non-hydrogen) atoms. The van der Waals surface area contributed by atoms with Gasteiger partial charge in [0.25, 0.3) is 0 Å². The van der Waals surface area contributed by atoms with E-state index in [0.717, 1.165) is 0 Å².